The van der Waals surface area contributed by atoms with E-state index >= 15 is 0 Å². The fraction of sp³-hybridized carbons (Fsp3) is 0.400. The van der Waals surface area contributed by atoms with Gasteiger partial charge in [0, 0.05) is 0 Å². The molecule has 2 nitrogen and oxygen atoms in total. The zero-order valence-electron chi connectivity index (χ0n) is 11.7. The summed E-state index contributed by atoms with van der Waals surface area (Å²) in [6.45, 7) is 8.90. The van der Waals surface area contributed by atoms with Crippen molar-refractivity contribution in [1.82, 2.24) is 5.48 Å². The van der Waals surface area contributed by atoms with Gasteiger partial charge >= 0.3 is 0 Å². The van der Waals surface area contributed by atoms with E-state index in [1.165, 1.54) is 0 Å². The Morgan fingerprint density at radius 1 is 1.11 bits per heavy atom. The van der Waals surface area contributed by atoms with Crippen LogP contribution < -0.4 is 5.48 Å². The first-order chi connectivity index (χ1) is 8.61. The van der Waals surface area contributed by atoms with Crippen molar-refractivity contribution in [3.63, 3.8) is 0 Å². The molecule has 0 amide bonds. The van der Waals surface area contributed by atoms with Crippen molar-refractivity contribution in [3.05, 3.63) is 47.8 Å². The fourth-order valence-corrected chi connectivity index (χ4v) is 4.18. The van der Waals surface area contributed by atoms with Crippen LogP contribution in [0.3, 0.4) is 0 Å². The van der Waals surface area contributed by atoms with Crippen LogP contribution in [-0.2, 0) is 4.53 Å². The lowest BCUT2D eigenvalue weighted by Crippen LogP contribution is -2.30. The predicted octanol–water partition coefficient (Wildman–Crippen LogP) is 3.88. The maximum atomic E-state index is 5.75. The van der Waals surface area contributed by atoms with E-state index in [-0.39, 0.29) is 0 Å². The average Bonchev–Trinajstić information content (AvgIpc) is 2.34. The van der Waals surface area contributed by atoms with Gasteiger partial charge in [0.05, 0.1) is 6.20 Å². The predicted molar refractivity (Wildman–Crippen MR) is 80.6 cm³/mol. The minimum absolute atomic E-state index is 0.629. The molecule has 0 heterocycles. The van der Waals surface area contributed by atoms with Gasteiger partial charge < -0.3 is 4.53 Å². The molecule has 1 rings (SSSR count). The second-order valence-electron chi connectivity index (χ2n) is 5.05. The molecule has 0 saturated heterocycles. The summed E-state index contributed by atoms with van der Waals surface area (Å²) >= 11 is 0. The summed E-state index contributed by atoms with van der Waals surface area (Å²) in [6, 6.07) is 10.1. The first kappa shape index (κ1) is 14.8. The molecule has 1 N–H and O–H groups in total. The normalized spacial score (nSPS) is 10.6. The van der Waals surface area contributed by atoms with Gasteiger partial charge in [0.25, 0.3) is 0 Å². The van der Waals surface area contributed by atoms with E-state index < -0.39 is 9.04 Å². The van der Waals surface area contributed by atoms with Crippen molar-refractivity contribution in [2.45, 2.75) is 38.8 Å². The summed E-state index contributed by atoms with van der Waals surface area (Å²) in [5.41, 5.74) is 8.38. The minimum Gasteiger partial charge on any atom is -0.325 e. The largest absolute Gasteiger partial charge is 0.325 e. The van der Waals surface area contributed by atoms with Crippen LogP contribution in [0.25, 0.3) is 6.08 Å². The first-order valence-corrected chi connectivity index (χ1v) is 8.29. The molecule has 0 aliphatic carbocycles. The highest BCUT2D eigenvalue weighted by molar-refractivity contribution is 6.54. The van der Waals surface area contributed by atoms with Crippen LogP contribution in [0.4, 0.5) is 0 Å². The average molecular weight is 261 g/mol. The summed E-state index contributed by atoms with van der Waals surface area (Å²) in [5, 5.41) is 0. The molecule has 0 fully saturated rings. The minimum atomic E-state index is -1.19. The molecule has 0 atom stereocenters. The number of hydroxylamine groups is 1. The molecule has 0 spiro atoms. The molecule has 3 heteroatoms. The SMILES string of the molecule is CC(C)[SiH](ONC=C=Cc1ccccc1)C(C)C. The van der Waals surface area contributed by atoms with Gasteiger partial charge in [-0.25, -0.2) is 0 Å². The molecule has 1 aromatic rings. The first-order valence-electron chi connectivity index (χ1n) is 6.48. The van der Waals surface area contributed by atoms with Crippen LogP contribution in [0.5, 0.6) is 0 Å². The van der Waals surface area contributed by atoms with Crippen LogP contribution in [0.15, 0.2) is 42.3 Å². The second-order valence-corrected chi connectivity index (χ2v) is 8.89. The Labute approximate surface area is 112 Å². The third-order valence-electron chi connectivity index (χ3n) is 2.71. The Hall–Kier alpha value is -1.28. The van der Waals surface area contributed by atoms with E-state index in [9.17, 15) is 0 Å². The molecule has 0 unspecified atom stereocenters. The number of hydrogen-bond donors (Lipinski definition) is 1. The topological polar surface area (TPSA) is 21.3 Å². The molecular weight excluding hydrogens is 238 g/mol. The van der Waals surface area contributed by atoms with Crippen LogP contribution in [-0.4, -0.2) is 9.04 Å². The van der Waals surface area contributed by atoms with Crippen LogP contribution in [0.2, 0.25) is 11.1 Å². The third kappa shape index (κ3) is 5.37. The molecule has 1 aromatic carbocycles. The molecule has 98 valence electrons. The Morgan fingerprint density at radius 3 is 2.28 bits per heavy atom. The molecule has 0 bridgehead atoms. The molecule has 0 radical (unpaired) electrons. The van der Waals surface area contributed by atoms with Gasteiger partial charge in [-0.2, -0.15) is 0 Å². The standard InChI is InChI=1S/C15H23NOSi/c1-13(2)18(14(3)4)17-16-12-8-11-15-9-6-5-7-10-15/h5-7,9-14,16,18H,1-4H3. The van der Waals surface area contributed by atoms with Gasteiger partial charge in [0.2, 0.25) is 9.04 Å². The number of nitrogens with one attached hydrogen (secondary N) is 1. The Kier molecular flexibility index (Phi) is 6.51. The van der Waals surface area contributed by atoms with Crippen LogP contribution in [0, 0.1) is 0 Å². The van der Waals surface area contributed by atoms with Crippen molar-refractivity contribution in [3.8, 4) is 0 Å². The van der Waals surface area contributed by atoms with Crippen molar-refractivity contribution >= 4 is 15.1 Å². The van der Waals surface area contributed by atoms with Gasteiger partial charge in [-0.1, -0.05) is 58.0 Å². The van der Waals surface area contributed by atoms with Gasteiger partial charge in [0.1, 0.15) is 0 Å². The third-order valence-corrected chi connectivity index (χ3v) is 5.75. The van der Waals surface area contributed by atoms with E-state index in [1.54, 1.807) is 6.20 Å². The lowest BCUT2D eigenvalue weighted by molar-refractivity contribution is 0.233. The summed E-state index contributed by atoms with van der Waals surface area (Å²) in [5.74, 6) is 0. The highest BCUT2D eigenvalue weighted by Gasteiger charge is 2.21. The lowest BCUT2D eigenvalue weighted by Gasteiger charge is -2.21. The molecule has 0 aromatic heterocycles. The second kappa shape index (κ2) is 7.93. The summed E-state index contributed by atoms with van der Waals surface area (Å²) in [4.78, 5) is 0. The maximum Gasteiger partial charge on any atom is 0.219 e. The van der Waals surface area contributed by atoms with Gasteiger partial charge in [-0.3, -0.25) is 5.48 Å². The van der Waals surface area contributed by atoms with Gasteiger partial charge in [-0.05, 0) is 22.7 Å². The highest BCUT2D eigenvalue weighted by Crippen LogP contribution is 2.19. The van der Waals surface area contributed by atoms with Crippen molar-refractivity contribution < 1.29 is 4.53 Å². The zero-order valence-corrected chi connectivity index (χ0v) is 12.8. The number of hydrogen-bond acceptors (Lipinski definition) is 2. The Bertz CT molecular complexity index is 386. The van der Waals surface area contributed by atoms with Crippen LogP contribution >= 0.6 is 0 Å². The molecule has 0 aliphatic heterocycles. The van der Waals surface area contributed by atoms with E-state index in [4.69, 9.17) is 4.53 Å². The number of benzene rings is 1. The quantitative estimate of drug-likeness (QED) is 0.477. The van der Waals surface area contributed by atoms with E-state index in [1.807, 2.05) is 36.4 Å². The summed E-state index contributed by atoms with van der Waals surface area (Å²) < 4.78 is 5.75. The van der Waals surface area contributed by atoms with Gasteiger partial charge in [-0.15, -0.1) is 5.73 Å². The van der Waals surface area contributed by atoms with E-state index in [0.717, 1.165) is 5.56 Å². The maximum absolute atomic E-state index is 5.75. The van der Waals surface area contributed by atoms with E-state index in [0.29, 0.717) is 11.1 Å². The van der Waals surface area contributed by atoms with Crippen molar-refractivity contribution in [2.75, 3.05) is 0 Å². The summed E-state index contributed by atoms with van der Waals surface area (Å²) in [6.07, 6.45) is 3.66. The van der Waals surface area contributed by atoms with Gasteiger partial charge in [0.15, 0.2) is 0 Å². The summed E-state index contributed by atoms with van der Waals surface area (Å²) in [7, 11) is -1.19. The Balaban J connectivity index is 2.43. The smallest absolute Gasteiger partial charge is 0.219 e. The number of rotatable bonds is 6. The molecule has 0 aliphatic rings. The van der Waals surface area contributed by atoms with Crippen LogP contribution in [0.1, 0.15) is 33.3 Å². The zero-order chi connectivity index (χ0) is 13.4. The fourth-order valence-electron chi connectivity index (χ4n) is 1.88. The highest BCUT2D eigenvalue weighted by atomic mass is 28.3. The molecule has 0 saturated carbocycles. The lowest BCUT2D eigenvalue weighted by atomic mass is 10.2. The van der Waals surface area contributed by atoms with E-state index in [2.05, 4.69) is 38.9 Å². The Morgan fingerprint density at radius 2 is 1.72 bits per heavy atom. The molecular formula is C15H23NOSi. The molecule has 18 heavy (non-hydrogen) atoms. The monoisotopic (exact) mass is 261 g/mol. The van der Waals surface area contributed by atoms with Crippen molar-refractivity contribution in [1.29, 1.82) is 0 Å². The van der Waals surface area contributed by atoms with Crippen molar-refractivity contribution in [2.24, 2.45) is 0 Å².